The standard InChI is InChI=1S/C13H12ClFN2/c1-8-2-4-10(16)7-13(8)17-12-5-3-9(15)6-11(12)14/h2-7,17H,16H2,1H3. The molecule has 0 aliphatic rings. The second kappa shape index (κ2) is 4.63. The summed E-state index contributed by atoms with van der Waals surface area (Å²) in [5.74, 6) is -0.357. The van der Waals surface area contributed by atoms with Gasteiger partial charge in [-0.3, -0.25) is 0 Å². The Kier molecular flexibility index (Phi) is 3.20. The third-order valence-corrected chi connectivity index (χ3v) is 2.77. The molecule has 88 valence electrons. The highest BCUT2D eigenvalue weighted by molar-refractivity contribution is 6.33. The van der Waals surface area contributed by atoms with Crippen LogP contribution in [0.25, 0.3) is 0 Å². The van der Waals surface area contributed by atoms with E-state index in [0.29, 0.717) is 16.4 Å². The Hall–Kier alpha value is -1.74. The molecule has 0 unspecified atom stereocenters. The SMILES string of the molecule is Cc1ccc(N)cc1Nc1ccc(F)cc1Cl. The van der Waals surface area contributed by atoms with Crippen LogP contribution in [0.4, 0.5) is 21.5 Å². The van der Waals surface area contributed by atoms with E-state index in [0.717, 1.165) is 11.3 Å². The van der Waals surface area contributed by atoms with Gasteiger partial charge in [0.2, 0.25) is 0 Å². The molecule has 0 spiro atoms. The van der Waals surface area contributed by atoms with E-state index in [1.54, 1.807) is 6.07 Å². The maximum atomic E-state index is 12.9. The molecular weight excluding hydrogens is 239 g/mol. The minimum atomic E-state index is -0.357. The Morgan fingerprint density at radius 3 is 2.59 bits per heavy atom. The molecule has 2 nitrogen and oxygen atoms in total. The fourth-order valence-corrected chi connectivity index (χ4v) is 1.72. The van der Waals surface area contributed by atoms with E-state index < -0.39 is 0 Å². The summed E-state index contributed by atoms with van der Waals surface area (Å²) < 4.78 is 12.9. The summed E-state index contributed by atoms with van der Waals surface area (Å²) in [6.45, 7) is 1.96. The lowest BCUT2D eigenvalue weighted by Gasteiger charge is -2.11. The topological polar surface area (TPSA) is 38.0 Å². The first-order valence-electron chi connectivity index (χ1n) is 5.14. The second-order valence-electron chi connectivity index (χ2n) is 3.82. The summed E-state index contributed by atoms with van der Waals surface area (Å²) in [6.07, 6.45) is 0. The molecule has 2 rings (SSSR count). The molecule has 3 N–H and O–H groups in total. The number of halogens is 2. The van der Waals surface area contributed by atoms with Crippen molar-refractivity contribution in [2.24, 2.45) is 0 Å². The highest BCUT2D eigenvalue weighted by Gasteiger charge is 2.04. The van der Waals surface area contributed by atoms with Crippen molar-refractivity contribution >= 4 is 28.7 Å². The fraction of sp³-hybridized carbons (Fsp3) is 0.0769. The van der Waals surface area contributed by atoms with Crippen LogP contribution in [0.1, 0.15) is 5.56 Å². The molecule has 17 heavy (non-hydrogen) atoms. The van der Waals surface area contributed by atoms with Gasteiger partial charge in [-0.2, -0.15) is 0 Å². The molecular formula is C13H12ClFN2. The van der Waals surface area contributed by atoms with Gasteiger partial charge >= 0.3 is 0 Å². The van der Waals surface area contributed by atoms with Crippen LogP contribution in [-0.4, -0.2) is 0 Å². The van der Waals surface area contributed by atoms with Crippen LogP contribution in [0, 0.1) is 12.7 Å². The number of rotatable bonds is 2. The van der Waals surface area contributed by atoms with Crippen molar-refractivity contribution in [3.63, 3.8) is 0 Å². The van der Waals surface area contributed by atoms with E-state index in [2.05, 4.69) is 5.32 Å². The van der Waals surface area contributed by atoms with Crippen LogP contribution in [0.5, 0.6) is 0 Å². The quantitative estimate of drug-likeness (QED) is 0.787. The largest absolute Gasteiger partial charge is 0.399 e. The van der Waals surface area contributed by atoms with Crippen molar-refractivity contribution in [1.29, 1.82) is 0 Å². The van der Waals surface area contributed by atoms with Crippen LogP contribution in [0.2, 0.25) is 5.02 Å². The predicted octanol–water partition coefficient (Wildman–Crippen LogP) is 4.11. The molecule has 2 aromatic rings. The van der Waals surface area contributed by atoms with Gasteiger partial charge in [-0.25, -0.2) is 4.39 Å². The lowest BCUT2D eigenvalue weighted by atomic mass is 10.1. The van der Waals surface area contributed by atoms with Crippen molar-refractivity contribution in [2.45, 2.75) is 6.92 Å². The molecule has 0 saturated heterocycles. The average Bonchev–Trinajstić information content (AvgIpc) is 2.27. The van der Waals surface area contributed by atoms with Crippen LogP contribution in [0.15, 0.2) is 36.4 Å². The number of benzene rings is 2. The minimum absolute atomic E-state index is 0.340. The predicted molar refractivity (Wildman–Crippen MR) is 70.3 cm³/mol. The second-order valence-corrected chi connectivity index (χ2v) is 4.23. The summed E-state index contributed by atoms with van der Waals surface area (Å²) in [7, 11) is 0. The van der Waals surface area contributed by atoms with Gasteiger partial charge in [-0.15, -0.1) is 0 Å². The summed E-state index contributed by atoms with van der Waals surface area (Å²) in [4.78, 5) is 0. The molecule has 0 fully saturated rings. The molecule has 0 heterocycles. The summed E-state index contributed by atoms with van der Waals surface area (Å²) in [6, 6.07) is 9.78. The molecule has 0 saturated carbocycles. The third kappa shape index (κ3) is 2.68. The van der Waals surface area contributed by atoms with E-state index in [1.165, 1.54) is 12.1 Å². The lowest BCUT2D eigenvalue weighted by Crippen LogP contribution is -1.96. The zero-order chi connectivity index (χ0) is 12.4. The minimum Gasteiger partial charge on any atom is -0.399 e. The number of hydrogen-bond donors (Lipinski definition) is 2. The maximum Gasteiger partial charge on any atom is 0.124 e. The fourth-order valence-electron chi connectivity index (χ4n) is 1.51. The van der Waals surface area contributed by atoms with Crippen LogP contribution in [-0.2, 0) is 0 Å². The third-order valence-electron chi connectivity index (χ3n) is 2.46. The highest BCUT2D eigenvalue weighted by Crippen LogP contribution is 2.28. The Labute approximate surface area is 104 Å². The molecule has 0 aliphatic carbocycles. The summed E-state index contributed by atoms with van der Waals surface area (Å²) >= 11 is 5.94. The average molecular weight is 251 g/mol. The smallest absolute Gasteiger partial charge is 0.124 e. The number of nitrogen functional groups attached to an aromatic ring is 1. The van der Waals surface area contributed by atoms with Crippen LogP contribution in [0.3, 0.4) is 0 Å². The summed E-state index contributed by atoms with van der Waals surface area (Å²) in [5, 5.41) is 3.47. The first-order chi connectivity index (χ1) is 8.06. The molecule has 0 atom stereocenters. The Bertz CT molecular complexity index is 555. The van der Waals surface area contributed by atoms with Crippen molar-refractivity contribution in [3.05, 3.63) is 52.8 Å². The first kappa shape index (κ1) is 11.7. The Morgan fingerprint density at radius 1 is 1.12 bits per heavy atom. The number of hydrogen-bond acceptors (Lipinski definition) is 2. The van der Waals surface area contributed by atoms with E-state index in [9.17, 15) is 4.39 Å². The van der Waals surface area contributed by atoms with Gasteiger partial charge in [0, 0.05) is 11.4 Å². The lowest BCUT2D eigenvalue weighted by molar-refractivity contribution is 0.628. The Morgan fingerprint density at radius 2 is 1.88 bits per heavy atom. The first-order valence-corrected chi connectivity index (χ1v) is 5.52. The molecule has 0 bridgehead atoms. The number of nitrogens with two attached hydrogens (primary N) is 1. The van der Waals surface area contributed by atoms with Crippen molar-refractivity contribution in [1.82, 2.24) is 0 Å². The van der Waals surface area contributed by atoms with Crippen LogP contribution >= 0.6 is 11.6 Å². The molecule has 0 radical (unpaired) electrons. The van der Waals surface area contributed by atoms with E-state index in [1.807, 2.05) is 25.1 Å². The molecule has 4 heteroatoms. The van der Waals surface area contributed by atoms with Crippen LogP contribution < -0.4 is 11.1 Å². The summed E-state index contributed by atoms with van der Waals surface area (Å²) in [5.41, 5.74) is 8.93. The van der Waals surface area contributed by atoms with E-state index in [4.69, 9.17) is 17.3 Å². The van der Waals surface area contributed by atoms with Crippen molar-refractivity contribution in [2.75, 3.05) is 11.1 Å². The van der Waals surface area contributed by atoms with Gasteiger partial charge < -0.3 is 11.1 Å². The van der Waals surface area contributed by atoms with Crippen molar-refractivity contribution in [3.8, 4) is 0 Å². The van der Waals surface area contributed by atoms with Gasteiger partial charge in [0.25, 0.3) is 0 Å². The zero-order valence-electron chi connectivity index (χ0n) is 9.30. The molecule has 2 aromatic carbocycles. The Balaban J connectivity index is 2.34. The number of aryl methyl sites for hydroxylation is 1. The normalized spacial score (nSPS) is 10.3. The molecule has 0 aliphatic heterocycles. The van der Waals surface area contributed by atoms with Gasteiger partial charge in [0.15, 0.2) is 0 Å². The van der Waals surface area contributed by atoms with Gasteiger partial charge in [0.1, 0.15) is 5.82 Å². The highest BCUT2D eigenvalue weighted by atomic mass is 35.5. The van der Waals surface area contributed by atoms with Gasteiger partial charge in [-0.05, 0) is 42.8 Å². The number of anilines is 3. The zero-order valence-corrected chi connectivity index (χ0v) is 10.1. The monoisotopic (exact) mass is 250 g/mol. The van der Waals surface area contributed by atoms with Gasteiger partial charge in [-0.1, -0.05) is 17.7 Å². The van der Waals surface area contributed by atoms with Gasteiger partial charge in [0.05, 0.1) is 10.7 Å². The van der Waals surface area contributed by atoms with Crippen molar-refractivity contribution < 1.29 is 4.39 Å². The van der Waals surface area contributed by atoms with E-state index in [-0.39, 0.29) is 5.82 Å². The number of nitrogens with one attached hydrogen (secondary N) is 1. The van der Waals surface area contributed by atoms with E-state index >= 15 is 0 Å². The molecule has 0 amide bonds. The maximum absolute atomic E-state index is 12.9. The molecule has 0 aromatic heterocycles.